The minimum Gasteiger partial charge on any atom is -0.444 e. The van der Waals surface area contributed by atoms with Crippen molar-refractivity contribution in [2.75, 3.05) is 6.54 Å². The molecule has 1 saturated carbocycles. The lowest BCUT2D eigenvalue weighted by molar-refractivity contribution is 0.0470. The highest BCUT2D eigenvalue weighted by Crippen LogP contribution is 2.46. The number of carbonyl (C=O) groups excluding carboxylic acids is 1. The number of ether oxygens (including phenoxy) is 1. The predicted octanol–water partition coefficient (Wildman–Crippen LogP) is 4.33. The predicted molar refractivity (Wildman–Crippen MR) is 96.5 cm³/mol. The summed E-state index contributed by atoms with van der Waals surface area (Å²) in [6.07, 6.45) is 1.86. The Morgan fingerprint density at radius 3 is 2.43 bits per heavy atom. The third-order valence-corrected chi connectivity index (χ3v) is 4.33. The summed E-state index contributed by atoms with van der Waals surface area (Å²) in [7, 11) is 0. The minimum absolute atomic E-state index is 0.0384. The van der Waals surface area contributed by atoms with E-state index in [0.29, 0.717) is 6.54 Å². The Hall–Kier alpha value is -1.07. The molecule has 4 nitrogen and oxygen atoms in total. The van der Waals surface area contributed by atoms with E-state index in [4.69, 9.17) is 4.74 Å². The second-order valence-electron chi connectivity index (χ2n) is 7.96. The van der Waals surface area contributed by atoms with Crippen LogP contribution in [0, 0.1) is 0 Å². The molecule has 0 spiro atoms. The van der Waals surface area contributed by atoms with Crippen molar-refractivity contribution in [2.24, 2.45) is 0 Å². The molecule has 1 aliphatic carbocycles. The Morgan fingerprint density at radius 1 is 1.26 bits per heavy atom. The average molecular weight is 383 g/mol. The number of hydrogen-bond donors (Lipinski definition) is 2. The van der Waals surface area contributed by atoms with Crippen LogP contribution in [0.4, 0.5) is 4.79 Å². The second kappa shape index (κ2) is 6.44. The van der Waals surface area contributed by atoms with Gasteiger partial charge in [0, 0.05) is 16.6 Å². The van der Waals surface area contributed by atoms with Gasteiger partial charge in [-0.05, 0) is 65.2 Å². The van der Waals surface area contributed by atoms with Gasteiger partial charge in [0.05, 0.1) is 5.54 Å². The molecular weight excluding hydrogens is 356 g/mol. The highest BCUT2D eigenvalue weighted by molar-refractivity contribution is 9.10. The van der Waals surface area contributed by atoms with E-state index >= 15 is 0 Å². The van der Waals surface area contributed by atoms with Crippen LogP contribution >= 0.6 is 15.9 Å². The summed E-state index contributed by atoms with van der Waals surface area (Å²) in [4.78, 5) is 12.0. The summed E-state index contributed by atoms with van der Waals surface area (Å²) in [5, 5.41) is 6.57. The van der Waals surface area contributed by atoms with Gasteiger partial charge in [-0.25, -0.2) is 4.79 Å². The largest absolute Gasteiger partial charge is 0.444 e. The number of hydrogen-bond acceptors (Lipinski definition) is 3. The Labute approximate surface area is 147 Å². The van der Waals surface area contributed by atoms with E-state index in [2.05, 4.69) is 44.8 Å². The molecular formula is C18H27BrN2O2. The molecule has 0 unspecified atom stereocenters. The topological polar surface area (TPSA) is 50.4 Å². The SMILES string of the molecule is CC(C)(CNC1(c2cccc(Br)c2)CC1)NC(=O)OC(C)(C)C. The van der Waals surface area contributed by atoms with Crippen LogP contribution < -0.4 is 10.6 Å². The first kappa shape index (κ1) is 18.3. The zero-order valence-corrected chi connectivity index (χ0v) is 16.2. The second-order valence-corrected chi connectivity index (χ2v) is 8.87. The zero-order chi connectivity index (χ0) is 17.3. The van der Waals surface area contributed by atoms with Gasteiger partial charge in [-0.3, -0.25) is 0 Å². The first-order valence-electron chi connectivity index (χ1n) is 8.04. The molecule has 2 N–H and O–H groups in total. The molecule has 0 aromatic heterocycles. The minimum atomic E-state index is -0.485. The zero-order valence-electron chi connectivity index (χ0n) is 14.6. The van der Waals surface area contributed by atoms with Gasteiger partial charge < -0.3 is 15.4 Å². The summed E-state index contributed by atoms with van der Waals surface area (Å²) in [5.41, 5.74) is 0.460. The van der Waals surface area contributed by atoms with Crippen molar-refractivity contribution < 1.29 is 9.53 Å². The van der Waals surface area contributed by atoms with Crippen molar-refractivity contribution in [2.45, 2.75) is 64.1 Å². The van der Waals surface area contributed by atoms with E-state index in [-0.39, 0.29) is 17.2 Å². The summed E-state index contributed by atoms with van der Waals surface area (Å²) < 4.78 is 6.43. The Bertz CT molecular complexity index is 575. The molecule has 5 heteroatoms. The first-order valence-corrected chi connectivity index (χ1v) is 8.83. The number of alkyl carbamates (subject to hydrolysis) is 1. The van der Waals surface area contributed by atoms with Crippen LogP contribution in [-0.4, -0.2) is 23.8 Å². The molecule has 0 heterocycles. The number of halogens is 1. The molecule has 1 aliphatic rings. The maximum absolute atomic E-state index is 12.0. The van der Waals surface area contributed by atoms with E-state index in [1.165, 1.54) is 5.56 Å². The molecule has 0 atom stereocenters. The maximum atomic E-state index is 12.0. The number of rotatable bonds is 5. The van der Waals surface area contributed by atoms with Crippen molar-refractivity contribution >= 4 is 22.0 Å². The number of nitrogens with one attached hydrogen (secondary N) is 2. The molecule has 1 amide bonds. The Balaban J connectivity index is 1.93. The molecule has 1 fully saturated rings. The fraction of sp³-hybridized carbons (Fsp3) is 0.611. The Kier molecular flexibility index (Phi) is 5.12. The average Bonchev–Trinajstić information content (AvgIpc) is 3.14. The van der Waals surface area contributed by atoms with Crippen LogP contribution in [0.25, 0.3) is 0 Å². The fourth-order valence-corrected chi connectivity index (χ4v) is 2.89. The number of benzene rings is 1. The van der Waals surface area contributed by atoms with Crippen molar-refractivity contribution in [3.63, 3.8) is 0 Å². The molecule has 0 radical (unpaired) electrons. The number of amides is 1. The van der Waals surface area contributed by atoms with E-state index in [0.717, 1.165) is 17.3 Å². The van der Waals surface area contributed by atoms with Gasteiger partial charge in [0.2, 0.25) is 0 Å². The Morgan fingerprint density at radius 2 is 1.91 bits per heavy atom. The van der Waals surface area contributed by atoms with E-state index in [1.54, 1.807) is 0 Å². The van der Waals surface area contributed by atoms with Crippen LogP contribution in [0.3, 0.4) is 0 Å². The number of carbonyl (C=O) groups is 1. The molecule has 1 aromatic carbocycles. The normalized spacial score (nSPS) is 16.8. The van der Waals surface area contributed by atoms with Gasteiger partial charge in [-0.15, -0.1) is 0 Å². The van der Waals surface area contributed by atoms with E-state index < -0.39 is 5.60 Å². The first-order chi connectivity index (χ1) is 10.5. The lowest BCUT2D eigenvalue weighted by Gasteiger charge is -2.31. The van der Waals surface area contributed by atoms with Gasteiger partial charge in [0.1, 0.15) is 5.60 Å². The third-order valence-electron chi connectivity index (χ3n) is 3.84. The summed E-state index contributed by atoms with van der Waals surface area (Å²) in [5.74, 6) is 0. The van der Waals surface area contributed by atoms with Crippen LogP contribution in [0.2, 0.25) is 0 Å². The summed E-state index contributed by atoms with van der Waals surface area (Å²) in [6, 6.07) is 8.41. The van der Waals surface area contributed by atoms with Gasteiger partial charge >= 0.3 is 6.09 Å². The van der Waals surface area contributed by atoms with Crippen LogP contribution in [0.15, 0.2) is 28.7 Å². The monoisotopic (exact) mass is 382 g/mol. The van der Waals surface area contributed by atoms with E-state index in [1.807, 2.05) is 40.7 Å². The molecule has 0 saturated heterocycles. The molecule has 2 rings (SSSR count). The molecule has 128 valence electrons. The molecule has 0 bridgehead atoms. The lowest BCUT2D eigenvalue weighted by Crippen LogP contribution is -2.53. The maximum Gasteiger partial charge on any atom is 0.408 e. The van der Waals surface area contributed by atoms with Crippen molar-refractivity contribution in [3.8, 4) is 0 Å². The lowest BCUT2D eigenvalue weighted by atomic mass is 10.0. The highest BCUT2D eigenvalue weighted by atomic mass is 79.9. The van der Waals surface area contributed by atoms with Crippen molar-refractivity contribution in [1.29, 1.82) is 0 Å². The molecule has 23 heavy (non-hydrogen) atoms. The van der Waals surface area contributed by atoms with Crippen molar-refractivity contribution in [3.05, 3.63) is 34.3 Å². The standard InChI is InChI=1S/C18H27BrN2O2/c1-16(2,3)23-15(22)21-17(4,5)12-20-18(9-10-18)13-7-6-8-14(19)11-13/h6-8,11,20H,9-10,12H2,1-5H3,(H,21,22). The smallest absolute Gasteiger partial charge is 0.408 e. The van der Waals surface area contributed by atoms with Crippen LogP contribution in [0.5, 0.6) is 0 Å². The molecule has 0 aliphatic heterocycles. The van der Waals surface area contributed by atoms with Gasteiger partial charge in [0.15, 0.2) is 0 Å². The summed E-state index contributed by atoms with van der Waals surface area (Å²) in [6.45, 7) is 10.3. The quantitative estimate of drug-likeness (QED) is 0.796. The van der Waals surface area contributed by atoms with Gasteiger partial charge in [-0.1, -0.05) is 28.1 Å². The van der Waals surface area contributed by atoms with Crippen molar-refractivity contribution in [1.82, 2.24) is 10.6 Å². The van der Waals surface area contributed by atoms with Gasteiger partial charge in [0.25, 0.3) is 0 Å². The highest BCUT2D eigenvalue weighted by Gasteiger charge is 2.44. The van der Waals surface area contributed by atoms with Crippen LogP contribution in [-0.2, 0) is 10.3 Å². The van der Waals surface area contributed by atoms with Crippen LogP contribution in [0.1, 0.15) is 53.0 Å². The third kappa shape index (κ3) is 5.50. The summed E-state index contributed by atoms with van der Waals surface area (Å²) >= 11 is 3.53. The van der Waals surface area contributed by atoms with E-state index in [9.17, 15) is 4.79 Å². The molecule has 1 aromatic rings. The fourth-order valence-electron chi connectivity index (χ4n) is 2.49. The van der Waals surface area contributed by atoms with Gasteiger partial charge in [-0.2, -0.15) is 0 Å².